The molecule has 0 aliphatic carbocycles. The summed E-state index contributed by atoms with van der Waals surface area (Å²) in [4.78, 5) is 0. The molecule has 0 saturated carbocycles. The first-order valence-electron chi connectivity index (χ1n) is 5.82. The van der Waals surface area contributed by atoms with Crippen molar-refractivity contribution in [2.24, 2.45) is 11.7 Å². The lowest BCUT2D eigenvalue weighted by molar-refractivity contribution is 0.272. The van der Waals surface area contributed by atoms with Crippen LogP contribution in [0.4, 0.5) is 5.69 Å². The minimum absolute atomic E-state index is 0.254. The summed E-state index contributed by atoms with van der Waals surface area (Å²) in [5.41, 5.74) is 6.60. The van der Waals surface area contributed by atoms with Gasteiger partial charge in [0.25, 0.3) is 0 Å². The van der Waals surface area contributed by atoms with Gasteiger partial charge in [-0.15, -0.1) is 0 Å². The van der Waals surface area contributed by atoms with Gasteiger partial charge in [0, 0.05) is 12.6 Å². The summed E-state index contributed by atoms with van der Waals surface area (Å²) in [6, 6.07) is 8.22. The monoisotopic (exact) mass is 222 g/mol. The molecule has 3 heteroatoms. The average molecular weight is 222 g/mol. The zero-order valence-corrected chi connectivity index (χ0v) is 10.4. The van der Waals surface area contributed by atoms with Gasteiger partial charge in [-0.1, -0.05) is 26.0 Å². The normalized spacial score (nSPS) is 12.6. The molecule has 0 aromatic heterocycles. The molecule has 0 aliphatic heterocycles. The Bertz CT molecular complexity index is 313. The topological polar surface area (TPSA) is 47.3 Å². The van der Waals surface area contributed by atoms with Gasteiger partial charge in [-0.3, -0.25) is 0 Å². The smallest absolute Gasteiger partial charge is 0.142 e. The van der Waals surface area contributed by atoms with Crippen molar-refractivity contribution in [2.75, 3.05) is 18.5 Å². The molecular formula is C13H22N2O. The second-order valence-corrected chi connectivity index (χ2v) is 4.48. The Morgan fingerprint density at radius 1 is 1.25 bits per heavy atom. The first-order valence-corrected chi connectivity index (χ1v) is 5.82. The summed E-state index contributed by atoms with van der Waals surface area (Å²) in [5.74, 6) is 1.43. The van der Waals surface area contributed by atoms with Crippen LogP contribution in [0.3, 0.4) is 0 Å². The van der Waals surface area contributed by atoms with E-state index in [0.29, 0.717) is 12.5 Å². The number of para-hydroxylation sites is 2. The molecule has 1 unspecified atom stereocenters. The van der Waals surface area contributed by atoms with Crippen molar-refractivity contribution >= 4 is 5.69 Å². The summed E-state index contributed by atoms with van der Waals surface area (Å²) < 4.78 is 5.74. The van der Waals surface area contributed by atoms with Gasteiger partial charge in [0.1, 0.15) is 5.75 Å². The van der Waals surface area contributed by atoms with E-state index in [9.17, 15) is 0 Å². The van der Waals surface area contributed by atoms with E-state index >= 15 is 0 Å². The molecule has 1 rings (SSSR count). The first-order chi connectivity index (χ1) is 7.63. The van der Waals surface area contributed by atoms with Crippen LogP contribution in [0.5, 0.6) is 5.75 Å². The molecule has 3 N–H and O–H groups in total. The highest BCUT2D eigenvalue weighted by atomic mass is 16.5. The maximum atomic E-state index is 5.74. The predicted octanol–water partition coefficient (Wildman–Crippen LogP) is 2.48. The lowest BCUT2D eigenvalue weighted by atomic mass is 10.2. The Labute approximate surface area is 98.0 Å². The highest BCUT2D eigenvalue weighted by Gasteiger charge is 2.06. The molecule has 3 nitrogen and oxygen atoms in total. The molecule has 0 amide bonds. The molecule has 0 aliphatic rings. The number of nitrogens with two attached hydrogens (primary N) is 1. The zero-order chi connectivity index (χ0) is 12.0. The third-order valence-corrected chi connectivity index (χ3v) is 2.21. The molecule has 1 aromatic rings. The number of benzene rings is 1. The van der Waals surface area contributed by atoms with Gasteiger partial charge in [-0.25, -0.2) is 0 Å². The number of hydrogen-bond acceptors (Lipinski definition) is 3. The highest BCUT2D eigenvalue weighted by Crippen LogP contribution is 2.24. The summed E-state index contributed by atoms with van der Waals surface area (Å²) in [6.07, 6.45) is 0. The largest absolute Gasteiger partial charge is 0.491 e. The van der Waals surface area contributed by atoms with Crippen LogP contribution in [-0.4, -0.2) is 19.2 Å². The van der Waals surface area contributed by atoms with Gasteiger partial charge in [0.15, 0.2) is 0 Å². The quantitative estimate of drug-likeness (QED) is 0.777. The van der Waals surface area contributed by atoms with Crippen LogP contribution in [0.1, 0.15) is 20.8 Å². The van der Waals surface area contributed by atoms with E-state index in [2.05, 4.69) is 26.1 Å². The summed E-state index contributed by atoms with van der Waals surface area (Å²) in [5, 5.41) is 3.33. The molecule has 16 heavy (non-hydrogen) atoms. The lowest BCUT2D eigenvalue weighted by Gasteiger charge is -2.17. The molecular weight excluding hydrogens is 200 g/mol. The van der Waals surface area contributed by atoms with Crippen molar-refractivity contribution in [1.82, 2.24) is 0 Å². The molecule has 1 aromatic carbocycles. The number of rotatable bonds is 6. The van der Waals surface area contributed by atoms with Crippen LogP contribution >= 0.6 is 0 Å². The number of ether oxygens (including phenoxy) is 1. The Morgan fingerprint density at radius 3 is 2.56 bits per heavy atom. The maximum absolute atomic E-state index is 5.74. The van der Waals surface area contributed by atoms with Crippen LogP contribution in [0.2, 0.25) is 0 Å². The van der Waals surface area contributed by atoms with Crippen molar-refractivity contribution in [1.29, 1.82) is 0 Å². The van der Waals surface area contributed by atoms with Crippen LogP contribution < -0.4 is 15.8 Å². The second kappa shape index (κ2) is 6.38. The van der Waals surface area contributed by atoms with E-state index < -0.39 is 0 Å². The molecule has 0 bridgehead atoms. The summed E-state index contributed by atoms with van der Waals surface area (Å²) in [7, 11) is 0. The van der Waals surface area contributed by atoms with E-state index in [-0.39, 0.29) is 6.04 Å². The third kappa shape index (κ3) is 4.11. The fourth-order valence-electron chi connectivity index (χ4n) is 1.29. The first kappa shape index (κ1) is 12.8. The van der Waals surface area contributed by atoms with Crippen molar-refractivity contribution < 1.29 is 4.74 Å². The van der Waals surface area contributed by atoms with Gasteiger partial charge in [0.05, 0.1) is 12.3 Å². The van der Waals surface area contributed by atoms with Crippen molar-refractivity contribution in [3.8, 4) is 5.75 Å². The zero-order valence-electron chi connectivity index (χ0n) is 10.4. The van der Waals surface area contributed by atoms with E-state index in [1.165, 1.54) is 0 Å². The summed E-state index contributed by atoms with van der Waals surface area (Å²) >= 11 is 0. The lowest BCUT2D eigenvalue weighted by Crippen LogP contribution is -2.25. The molecule has 0 saturated heterocycles. The number of nitrogens with one attached hydrogen (secondary N) is 1. The van der Waals surface area contributed by atoms with Crippen LogP contribution in [0, 0.1) is 5.92 Å². The fraction of sp³-hybridized carbons (Fsp3) is 0.538. The number of hydrogen-bond donors (Lipinski definition) is 2. The van der Waals surface area contributed by atoms with Crippen LogP contribution in [-0.2, 0) is 0 Å². The highest BCUT2D eigenvalue weighted by molar-refractivity contribution is 5.56. The minimum atomic E-state index is 0.254. The third-order valence-electron chi connectivity index (χ3n) is 2.21. The van der Waals surface area contributed by atoms with Crippen molar-refractivity contribution in [2.45, 2.75) is 26.8 Å². The van der Waals surface area contributed by atoms with E-state index in [1.54, 1.807) is 0 Å². The molecule has 0 fully saturated rings. The van der Waals surface area contributed by atoms with Gasteiger partial charge in [-0.05, 0) is 25.0 Å². The van der Waals surface area contributed by atoms with Crippen LogP contribution in [0.15, 0.2) is 24.3 Å². The van der Waals surface area contributed by atoms with Gasteiger partial charge in [0.2, 0.25) is 0 Å². The Balaban J connectivity index is 2.67. The van der Waals surface area contributed by atoms with E-state index in [0.717, 1.165) is 18.0 Å². The maximum Gasteiger partial charge on any atom is 0.142 e. The van der Waals surface area contributed by atoms with E-state index in [1.807, 2.05) is 24.3 Å². The molecule has 0 heterocycles. The number of anilines is 1. The Morgan fingerprint density at radius 2 is 1.94 bits per heavy atom. The Kier molecular flexibility index (Phi) is 5.12. The SMILES string of the molecule is CC(C)COc1ccccc1NC(C)CN. The van der Waals surface area contributed by atoms with Crippen molar-refractivity contribution in [3.05, 3.63) is 24.3 Å². The van der Waals surface area contributed by atoms with Gasteiger partial charge in [-0.2, -0.15) is 0 Å². The molecule has 0 spiro atoms. The van der Waals surface area contributed by atoms with Gasteiger partial charge < -0.3 is 15.8 Å². The second-order valence-electron chi connectivity index (χ2n) is 4.48. The molecule has 0 radical (unpaired) electrons. The minimum Gasteiger partial charge on any atom is -0.491 e. The van der Waals surface area contributed by atoms with E-state index in [4.69, 9.17) is 10.5 Å². The summed E-state index contributed by atoms with van der Waals surface area (Å²) in [6.45, 7) is 7.67. The average Bonchev–Trinajstić information content (AvgIpc) is 2.27. The molecule has 90 valence electrons. The predicted molar refractivity (Wildman–Crippen MR) is 68.9 cm³/mol. The van der Waals surface area contributed by atoms with Crippen molar-refractivity contribution in [3.63, 3.8) is 0 Å². The molecule has 1 atom stereocenters. The van der Waals surface area contributed by atoms with Crippen LogP contribution in [0.25, 0.3) is 0 Å². The van der Waals surface area contributed by atoms with Gasteiger partial charge >= 0.3 is 0 Å². The standard InChI is InChI=1S/C13H22N2O/c1-10(2)9-16-13-7-5-4-6-12(13)15-11(3)8-14/h4-7,10-11,15H,8-9,14H2,1-3H3. The fourth-order valence-corrected chi connectivity index (χ4v) is 1.29. The Hall–Kier alpha value is -1.22.